The lowest BCUT2D eigenvalue weighted by atomic mass is 9.96. The van der Waals surface area contributed by atoms with Crippen molar-refractivity contribution in [2.75, 3.05) is 13.2 Å². The average molecular weight is 527 g/mol. The van der Waals surface area contributed by atoms with E-state index in [1.54, 1.807) is 30.3 Å². The zero-order chi connectivity index (χ0) is 22.0. The molecule has 4 N–H and O–H groups in total. The molecular weight excluding hydrogens is 489 g/mol. The quantitative estimate of drug-likeness (QED) is 0.442. The van der Waals surface area contributed by atoms with Crippen LogP contribution in [-0.4, -0.2) is 35.0 Å². The van der Waals surface area contributed by atoms with Crippen LogP contribution in [0, 0.1) is 0 Å². The molecule has 0 unspecified atom stereocenters. The molecule has 5 nitrogen and oxygen atoms in total. The van der Waals surface area contributed by atoms with E-state index < -0.39 is 5.60 Å². The van der Waals surface area contributed by atoms with E-state index in [1.165, 1.54) is 0 Å². The van der Waals surface area contributed by atoms with Gasteiger partial charge in [0.2, 0.25) is 0 Å². The molecule has 0 fully saturated rings. The topological polar surface area (TPSA) is 92.8 Å². The summed E-state index contributed by atoms with van der Waals surface area (Å²) in [7, 11) is 0. The first kappa shape index (κ1) is 35.7. The van der Waals surface area contributed by atoms with Gasteiger partial charge >= 0.3 is 5.97 Å². The highest BCUT2D eigenvalue weighted by atomic mass is 35.5. The van der Waals surface area contributed by atoms with Crippen molar-refractivity contribution in [2.24, 2.45) is 5.73 Å². The minimum atomic E-state index is -0.509. The van der Waals surface area contributed by atoms with E-state index in [1.807, 2.05) is 39.0 Å². The molecule has 0 saturated carbocycles. The molecule has 32 heavy (non-hydrogen) atoms. The SMILES string of the molecule is C.CC(C)(C)OC(=O)C[C@H](CO)c1cccc(Cl)c1.N[C@H](CO)c1cccc(Cl)c1.S.S. The average Bonchev–Trinajstić information content (AvgIpc) is 2.64. The monoisotopic (exact) mass is 525 g/mol. The Labute approximate surface area is 216 Å². The molecule has 0 saturated heterocycles. The van der Waals surface area contributed by atoms with Gasteiger partial charge in [-0.3, -0.25) is 4.79 Å². The third-order valence-electron chi connectivity index (χ3n) is 3.85. The second kappa shape index (κ2) is 17.5. The number of aliphatic hydroxyl groups excluding tert-OH is 2. The molecule has 9 heteroatoms. The lowest BCUT2D eigenvalue weighted by Gasteiger charge is -2.21. The van der Waals surface area contributed by atoms with Gasteiger partial charge in [-0.15, -0.1) is 0 Å². The Morgan fingerprint density at radius 3 is 1.84 bits per heavy atom. The summed E-state index contributed by atoms with van der Waals surface area (Å²) in [6.45, 7) is 5.29. The molecule has 2 rings (SSSR count). The molecule has 0 aliphatic carbocycles. The van der Waals surface area contributed by atoms with E-state index in [4.69, 9.17) is 38.8 Å². The zero-order valence-corrected chi connectivity index (χ0v) is 21.5. The molecule has 2 atom stereocenters. The molecule has 0 aliphatic heterocycles. The summed E-state index contributed by atoms with van der Waals surface area (Å²) in [6, 6.07) is 14.0. The summed E-state index contributed by atoms with van der Waals surface area (Å²) in [5.41, 5.74) is 6.75. The first-order valence-corrected chi connectivity index (χ1v) is 10.0. The molecule has 2 aromatic carbocycles. The Morgan fingerprint density at radius 1 is 0.969 bits per heavy atom. The zero-order valence-electron chi connectivity index (χ0n) is 17.9. The van der Waals surface area contributed by atoms with Crippen molar-refractivity contribution >= 4 is 56.2 Å². The Hall–Kier alpha value is -0.930. The maximum Gasteiger partial charge on any atom is 0.307 e. The van der Waals surface area contributed by atoms with E-state index >= 15 is 0 Å². The maximum atomic E-state index is 11.7. The number of nitrogens with two attached hydrogens (primary N) is 1. The van der Waals surface area contributed by atoms with Gasteiger partial charge in [-0.05, 0) is 56.2 Å². The number of benzene rings is 2. The summed E-state index contributed by atoms with van der Waals surface area (Å²) in [4.78, 5) is 11.7. The third-order valence-corrected chi connectivity index (χ3v) is 4.32. The molecular formula is C23H37Cl2NO4S2. The fourth-order valence-electron chi connectivity index (χ4n) is 2.48. The van der Waals surface area contributed by atoms with Crippen LogP contribution in [0.5, 0.6) is 0 Å². The van der Waals surface area contributed by atoms with Crippen LogP contribution in [-0.2, 0) is 9.53 Å². The standard InChI is InChI=1S/C14H19ClO3.C8H10ClNO.CH4.2H2S/c1-14(2,3)18-13(17)8-11(9-16)10-5-4-6-12(15)7-10;9-7-3-1-2-6(4-7)8(10)5-11;;;/h4-7,11,16H,8-9H2,1-3H3;1-4,8,11H,5,10H2;1H4;2*1H2/t11-;8-;;;/m11.../s1. The summed E-state index contributed by atoms with van der Waals surface area (Å²) >= 11 is 11.6. The van der Waals surface area contributed by atoms with Gasteiger partial charge in [0.25, 0.3) is 0 Å². The van der Waals surface area contributed by atoms with Gasteiger partial charge in [0, 0.05) is 16.0 Å². The highest BCUT2D eigenvalue weighted by molar-refractivity contribution is 7.59. The summed E-state index contributed by atoms with van der Waals surface area (Å²) in [6.07, 6.45) is 0.147. The third kappa shape index (κ3) is 14.3. The largest absolute Gasteiger partial charge is 0.460 e. The first-order chi connectivity index (χ1) is 13.6. The van der Waals surface area contributed by atoms with Crippen LogP contribution >= 0.6 is 50.2 Å². The minimum absolute atomic E-state index is 0. The summed E-state index contributed by atoms with van der Waals surface area (Å²) in [5.74, 6) is -0.597. The summed E-state index contributed by atoms with van der Waals surface area (Å²) in [5, 5.41) is 19.3. The van der Waals surface area contributed by atoms with Gasteiger partial charge in [0.15, 0.2) is 0 Å². The van der Waals surface area contributed by atoms with Gasteiger partial charge < -0.3 is 20.7 Å². The van der Waals surface area contributed by atoms with Crippen molar-refractivity contribution in [3.05, 3.63) is 69.7 Å². The fraction of sp³-hybridized carbons (Fsp3) is 0.435. The van der Waals surface area contributed by atoms with Crippen molar-refractivity contribution in [1.29, 1.82) is 0 Å². The van der Waals surface area contributed by atoms with Gasteiger partial charge in [-0.1, -0.05) is 54.9 Å². The molecule has 0 spiro atoms. The van der Waals surface area contributed by atoms with Crippen molar-refractivity contribution in [2.45, 2.75) is 52.2 Å². The number of carbonyl (C=O) groups excluding carboxylic acids is 1. The molecule has 0 amide bonds. The lowest BCUT2D eigenvalue weighted by molar-refractivity contribution is -0.155. The second-order valence-electron chi connectivity index (χ2n) is 7.57. The number of halogens is 2. The van der Waals surface area contributed by atoms with Crippen molar-refractivity contribution in [3.8, 4) is 0 Å². The van der Waals surface area contributed by atoms with Crippen LogP contribution in [0.3, 0.4) is 0 Å². The number of esters is 1. The van der Waals surface area contributed by atoms with E-state index in [0.717, 1.165) is 11.1 Å². The van der Waals surface area contributed by atoms with Crippen LogP contribution in [0.4, 0.5) is 0 Å². The van der Waals surface area contributed by atoms with Crippen LogP contribution in [0.1, 0.15) is 57.7 Å². The minimum Gasteiger partial charge on any atom is -0.460 e. The molecule has 0 radical (unpaired) electrons. The summed E-state index contributed by atoms with van der Waals surface area (Å²) < 4.78 is 5.24. The van der Waals surface area contributed by atoms with Crippen LogP contribution < -0.4 is 5.73 Å². The van der Waals surface area contributed by atoms with E-state index in [-0.39, 0.29) is 72.0 Å². The normalized spacial score (nSPS) is 11.9. The van der Waals surface area contributed by atoms with Crippen molar-refractivity contribution in [3.63, 3.8) is 0 Å². The Kier molecular flexibility index (Phi) is 19.5. The second-order valence-corrected chi connectivity index (χ2v) is 8.44. The lowest BCUT2D eigenvalue weighted by Crippen LogP contribution is -2.25. The Balaban J connectivity index is -0.000000525. The number of carbonyl (C=O) groups is 1. The molecule has 184 valence electrons. The Morgan fingerprint density at radius 2 is 1.44 bits per heavy atom. The van der Waals surface area contributed by atoms with E-state index in [0.29, 0.717) is 10.0 Å². The highest BCUT2D eigenvalue weighted by Gasteiger charge is 2.21. The predicted octanol–water partition coefficient (Wildman–Crippen LogP) is 5.34. The van der Waals surface area contributed by atoms with Crippen LogP contribution in [0.25, 0.3) is 0 Å². The number of aliphatic hydroxyl groups is 2. The maximum absolute atomic E-state index is 11.7. The molecule has 0 aliphatic rings. The number of hydrogen-bond acceptors (Lipinski definition) is 5. The van der Waals surface area contributed by atoms with E-state index in [2.05, 4.69) is 0 Å². The van der Waals surface area contributed by atoms with Gasteiger partial charge in [-0.25, -0.2) is 0 Å². The van der Waals surface area contributed by atoms with E-state index in [9.17, 15) is 9.90 Å². The highest BCUT2D eigenvalue weighted by Crippen LogP contribution is 2.23. The first-order valence-electron chi connectivity index (χ1n) is 9.25. The van der Waals surface area contributed by atoms with Crippen molar-refractivity contribution in [1.82, 2.24) is 0 Å². The van der Waals surface area contributed by atoms with Gasteiger partial charge in [0.1, 0.15) is 5.60 Å². The smallest absolute Gasteiger partial charge is 0.307 e. The molecule has 0 bridgehead atoms. The van der Waals surface area contributed by atoms with Gasteiger partial charge in [-0.2, -0.15) is 27.0 Å². The molecule has 2 aromatic rings. The van der Waals surface area contributed by atoms with Crippen LogP contribution in [0.2, 0.25) is 10.0 Å². The predicted molar refractivity (Wildman–Crippen MR) is 145 cm³/mol. The molecule has 0 heterocycles. The van der Waals surface area contributed by atoms with Crippen LogP contribution in [0.15, 0.2) is 48.5 Å². The Bertz CT molecular complexity index is 789. The molecule has 0 aromatic heterocycles. The number of ether oxygens (including phenoxy) is 1. The number of hydrogen-bond donors (Lipinski definition) is 3. The van der Waals surface area contributed by atoms with Crippen molar-refractivity contribution < 1.29 is 19.7 Å². The number of rotatable bonds is 6. The van der Waals surface area contributed by atoms with Gasteiger partial charge in [0.05, 0.1) is 25.7 Å². The fourth-order valence-corrected chi connectivity index (χ4v) is 2.87.